The van der Waals surface area contributed by atoms with Crippen LogP contribution in [0.4, 0.5) is 5.69 Å². The molecule has 0 saturated carbocycles. The summed E-state index contributed by atoms with van der Waals surface area (Å²) < 4.78 is 10.0. The fraction of sp³-hybridized carbons (Fsp3) is 0.263. The van der Waals surface area contributed by atoms with Crippen molar-refractivity contribution in [1.82, 2.24) is 10.2 Å². The standard InChI is InChI=1S/C19H19N3O5S/c1-20-19(28)21(11-14-4-3-9-27-14)15-10-16(23)22(17(15)24)13-7-5-12(6-8-13)18(25)26-2/h3-9,15H,10-11H2,1-2H3,(H,20,28). The predicted octanol–water partition coefficient (Wildman–Crippen LogP) is 1.70. The lowest BCUT2D eigenvalue weighted by molar-refractivity contribution is -0.122. The number of benzene rings is 1. The van der Waals surface area contributed by atoms with Crippen LogP contribution in [-0.2, 0) is 20.9 Å². The summed E-state index contributed by atoms with van der Waals surface area (Å²) >= 11 is 5.33. The van der Waals surface area contributed by atoms with Gasteiger partial charge < -0.3 is 19.4 Å². The van der Waals surface area contributed by atoms with Gasteiger partial charge in [0.2, 0.25) is 5.91 Å². The molecule has 2 amide bonds. The molecule has 1 aromatic heterocycles. The maximum Gasteiger partial charge on any atom is 0.337 e. The highest BCUT2D eigenvalue weighted by molar-refractivity contribution is 7.80. The molecule has 1 fully saturated rings. The summed E-state index contributed by atoms with van der Waals surface area (Å²) in [5.41, 5.74) is 0.719. The molecule has 2 aromatic rings. The summed E-state index contributed by atoms with van der Waals surface area (Å²) in [6.07, 6.45) is 1.52. The van der Waals surface area contributed by atoms with Crippen molar-refractivity contribution in [2.75, 3.05) is 19.1 Å². The first-order valence-corrected chi connectivity index (χ1v) is 8.93. The second-order valence-corrected chi connectivity index (χ2v) is 6.47. The fourth-order valence-electron chi connectivity index (χ4n) is 3.03. The van der Waals surface area contributed by atoms with Crippen molar-refractivity contribution in [1.29, 1.82) is 0 Å². The number of rotatable bonds is 5. The zero-order chi connectivity index (χ0) is 20.3. The topological polar surface area (TPSA) is 92.1 Å². The van der Waals surface area contributed by atoms with Crippen molar-refractivity contribution in [3.63, 3.8) is 0 Å². The average molecular weight is 401 g/mol. The van der Waals surface area contributed by atoms with Crippen molar-refractivity contribution in [2.24, 2.45) is 0 Å². The number of hydrogen-bond donors (Lipinski definition) is 1. The summed E-state index contributed by atoms with van der Waals surface area (Å²) in [4.78, 5) is 39.9. The van der Waals surface area contributed by atoms with Crippen molar-refractivity contribution in [2.45, 2.75) is 19.0 Å². The van der Waals surface area contributed by atoms with E-state index in [1.165, 1.54) is 37.6 Å². The molecular formula is C19H19N3O5S. The monoisotopic (exact) mass is 401 g/mol. The maximum absolute atomic E-state index is 13.0. The van der Waals surface area contributed by atoms with E-state index in [1.807, 2.05) is 0 Å². The number of nitrogens with zero attached hydrogens (tertiary/aromatic N) is 2. The summed E-state index contributed by atoms with van der Waals surface area (Å²) in [6, 6.07) is 8.86. The van der Waals surface area contributed by atoms with Gasteiger partial charge in [0.1, 0.15) is 11.8 Å². The van der Waals surface area contributed by atoms with Crippen LogP contribution >= 0.6 is 12.2 Å². The van der Waals surface area contributed by atoms with E-state index in [1.54, 1.807) is 24.1 Å². The van der Waals surface area contributed by atoms with Gasteiger partial charge in [-0.1, -0.05) is 0 Å². The Morgan fingerprint density at radius 2 is 2.04 bits per heavy atom. The van der Waals surface area contributed by atoms with Gasteiger partial charge in [0.15, 0.2) is 5.11 Å². The van der Waals surface area contributed by atoms with Gasteiger partial charge in [-0.05, 0) is 48.6 Å². The molecule has 0 aliphatic carbocycles. The molecule has 8 nitrogen and oxygen atoms in total. The average Bonchev–Trinajstić information content (AvgIpc) is 3.32. The fourth-order valence-corrected chi connectivity index (χ4v) is 3.22. The van der Waals surface area contributed by atoms with Gasteiger partial charge in [0.25, 0.3) is 5.91 Å². The van der Waals surface area contributed by atoms with Crippen LogP contribution in [0.2, 0.25) is 0 Å². The second kappa shape index (κ2) is 8.22. The van der Waals surface area contributed by atoms with Crippen molar-refractivity contribution >= 4 is 40.8 Å². The molecule has 28 heavy (non-hydrogen) atoms. The highest BCUT2D eigenvalue weighted by Gasteiger charge is 2.43. The number of carbonyl (C=O) groups is 3. The SMILES string of the molecule is CNC(=S)N(Cc1ccco1)C1CC(=O)N(c2ccc(C(=O)OC)cc2)C1=O. The molecule has 3 rings (SSSR count). The molecule has 1 N–H and O–H groups in total. The number of methoxy groups -OCH3 is 1. The summed E-state index contributed by atoms with van der Waals surface area (Å²) in [5, 5.41) is 3.19. The first-order valence-electron chi connectivity index (χ1n) is 8.52. The van der Waals surface area contributed by atoms with Gasteiger partial charge in [-0.3, -0.25) is 9.59 Å². The lowest BCUT2D eigenvalue weighted by Crippen LogP contribution is -2.48. The highest BCUT2D eigenvalue weighted by atomic mass is 32.1. The minimum atomic E-state index is -0.752. The number of thiocarbonyl (C=S) groups is 1. The Bertz CT molecular complexity index is 895. The molecule has 0 radical (unpaired) electrons. The van der Waals surface area contributed by atoms with Gasteiger partial charge >= 0.3 is 5.97 Å². The third-order valence-corrected chi connectivity index (χ3v) is 4.87. The molecule has 146 valence electrons. The lowest BCUT2D eigenvalue weighted by Gasteiger charge is -2.28. The second-order valence-electron chi connectivity index (χ2n) is 6.09. The first kappa shape index (κ1) is 19.6. The van der Waals surface area contributed by atoms with Crippen molar-refractivity contribution in [3.05, 3.63) is 54.0 Å². The van der Waals surface area contributed by atoms with E-state index >= 15 is 0 Å². The summed E-state index contributed by atoms with van der Waals surface area (Å²) in [7, 11) is 2.94. The maximum atomic E-state index is 13.0. The number of imide groups is 1. The van der Waals surface area contributed by atoms with E-state index in [0.29, 0.717) is 22.1 Å². The van der Waals surface area contributed by atoms with E-state index in [9.17, 15) is 14.4 Å². The van der Waals surface area contributed by atoms with E-state index in [-0.39, 0.29) is 24.8 Å². The summed E-state index contributed by atoms with van der Waals surface area (Å²) in [6.45, 7) is 0.255. The van der Waals surface area contributed by atoms with Crippen LogP contribution in [0.15, 0.2) is 47.1 Å². The molecule has 0 spiro atoms. The predicted molar refractivity (Wildman–Crippen MR) is 105 cm³/mol. The Kier molecular flexibility index (Phi) is 5.74. The number of esters is 1. The number of anilines is 1. The van der Waals surface area contributed by atoms with E-state index in [4.69, 9.17) is 16.6 Å². The van der Waals surface area contributed by atoms with Crippen LogP contribution < -0.4 is 10.2 Å². The largest absolute Gasteiger partial charge is 0.467 e. The van der Waals surface area contributed by atoms with E-state index in [2.05, 4.69) is 10.1 Å². The van der Waals surface area contributed by atoms with Gasteiger partial charge in [-0.15, -0.1) is 0 Å². The van der Waals surface area contributed by atoms with Gasteiger partial charge in [-0.2, -0.15) is 0 Å². The molecule has 2 heterocycles. The molecule has 0 bridgehead atoms. The van der Waals surface area contributed by atoms with Crippen LogP contribution in [0, 0.1) is 0 Å². The number of furan rings is 1. The van der Waals surface area contributed by atoms with Crippen LogP contribution in [0.3, 0.4) is 0 Å². The number of hydrogen-bond acceptors (Lipinski definition) is 6. The third kappa shape index (κ3) is 3.74. The van der Waals surface area contributed by atoms with Crippen LogP contribution in [-0.4, -0.2) is 48.0 Å². The highest BCUT2D eigenvalue weighted by Crippen LogP contribution is 2.27. The third-order valence-electron chi connectivity index (χ3n) is 4.43. The molecule has 1 aliphatic rings. The molecule has 9 heteroatoms. The quantitative estimate of drug-likeness (QED) is 0.460. The van der Waals surface area contributed by atoms with Gasteiger partial charge in [-0.25, -0.2) is 9.69 Å². The van der Waals surface area contributed by atoms with Crippen LogP contribution in [0.1, 0.15) is 22.5 Å². The zero-order valence-corrected chi connectivity index (χ0v) is 16.2. The van der Waals surface area contributed by atoms with Crippen LogP contribution in [0.25, 0.3) is 0 Å². The van der Waals surface area contributed by atoms with Gasteiger partial charge in [0.05, 0.1) is 37.6 Å². The Hall–Kier alpha value is -3.20. The summed E-state index contributed by atoms with van der Waals surface area (Å²) in [5.74, 6) is -0.602. The smallest absolute Gasteiger partial charge is 0.337 e. The van der Waals surface area contributed by atoms with Gasteiger partial charge in [0, 0.05) is 7.05 Å². The molecule has 1 aromatic carbocycles. The van der Waals surface area contributed by atoms with Crippen molar-refractivity contribution < 1.29 is 23.5 Å². The van der Waals surface area contributed by atoms with Crippen molar-refractivity contribution in [3.8, 4) is 0 Å². The first-order chi connectivity index (χ1) is 13.5. The normalized spacial score (nSPS) is 16.2. The zero-order valence-electron chi connectivity index (χ0n) is 15.4. The number of amides is 2. The molecular weight excluding hydrogens is 382 g/mol. The Morgan fingerprint density at radius 3 is 2.61 bits per heavy atom. The minimum absolute atomic E-state index is 0.0138. The molecule has 1 saturated heterocycles. The minimum Gasteiger partial charge on any atom is -0.467 e. The Balaban J connectivity index is 1.84. The lowest BCUT2D eigenvalue weighted by atomic mass is 10.2. The molecule has 1 atom stereocenters. The number of ether oxygens (including phenoxy) is 1. The number of nitrogens with one attached hydrogen (secondary N) is 1. The van der Waals surface area contributed by atoms with E-state index < -0.39 is 12.0 Å². The number of carbonyl (C=O) groups excluding carboxylic acids is 3. The van der Waals surface area contributed by atoms with E-state index in [0.717, 1.165) is 4.90 Å². The Morgan fingerprint density at radius 1 is 1.32 bits per heavy atom. The Labute approximate surface area is 167 Å². The molecule has 1 unspecified atom stereocenters. The van der Waals surface area contributed by atoms with Crippen LogP contribution in [0.5, 0.6) is 0 Å². The molecule has 1 aliphatic heterocycles.